The number of hydrogen-bond acceptors (Lipinski definition) is 5. The first-order valence-corrected chi connectivity index (χ1v) is 8.77. The summed E-state index contributed by atoms with van der Waals surface area (Å²) in [4.78, 5) is 19.1. The SMILES string of the molecule is CSc1nc(-c2cccc(-c3ccc(CO)cc3)c2)c(C#N)c(=O)[nH]1. The predicted molar refractivity (Wildman–Crippen MR) is 98.1 cm³/mol. The molecule has 1 heterocycles. The van der Waals surface area contributed by atoms with E-state index in [1.807, 2.05) is 60.9 Å². The summed E-state index contributed by atoms with van der Waals surface area (Å²) >= 11 is 1.32. The lowest BCUT2D eigenvalue weighted by molar-refractivity contribution is 0.282. The molecule has 3 rings (SSSR count). The largest absolute Gasteiger partial charge is 0.392 e. The van der Waals surface area contributed by atoms with Gasteiger partial charge in [-0.1, -0.05) is 54.2 Å². The Bertz CT molecular complexity index is 1000. The van der Waals surface area contributed by atoms with Crippen LogP contribution in [0.2, 0.25) is 0 Å². The number of nitrogens with one attached hydrogen (secondary N) is 1. The maximum Gasteiger partial charge on any atom is 0.270 e. The van der Waals surface area contributed by atoms with Crippen molar-refractivity contribution < 1.29 is 5.11 Å². The molecule has 3 aromatic rings. The molecule has 2 aromatic carbocycles. The summed E-state index contributed by atoms with van der Waals surface area (Å²) in [5.74, 6) is 0. The van der Waals surface area contributed by atoms with Gasteiger partial charge in [0.25, 0.3) is 5.56 Å². The van der Waals surface area contributed by atoms with Crippen LogP contribution in [0.25, 0.3) is 22.4 Å². The second-order valence-electron chi connectivity index (χ2n) is 5.35. The summed E-state index contributed by atoms with van der Waals surface area (Å²) in [6, 6.07) is 17.1. The topological polar surface area (TPSA) is 89.8 Å². The Kier molecular flexibility index (Phi) is 4.98. The first-order valence-electron chi connectivity index (χ1n) is 7.55. The number of rotatable bonds is 4. The molecule has 1 aromatic heterocycles. The van der Waals surface area contributed by atoms with E-state index in [9.17, 15) is 10.1 Å². The molecule has 0 bridgehead atoms. The fourth-order valence-corrected chi connectivity index (χ4v) is 2.89. The molecule has 0 radical (unpaired) electrons. The number of nitrogens with zero attached hydrogens (tertiary/aromatic N) is 2. The number of benzene rings is 2. The van der Waals surface area contributed by atoms with Gasteiger partial charge in [0.05, 0.1) is 12.3 Å². The highest BCUT2D eigenvalue weighted by Crippen LogP contribution is 2.27. The van der Waals surface area contributed by atoms with E-state index in [1.54, 1.807) is 0 Å². The van der Waals surface area contributed by atoms with E-state index < -0.39 is 5.56 Å². The molecule has 0 aliphatic rings. The number of H-pyrrole nitrogens is 1. The van der Waals surface area contributed by atoms with E-state index in [0.717, 1.165) is 16.7 Å². The summed E-state index contributed by atoms with van der Waals surface area (Å²) < 4.78 is 0. The van der Waals surface area contributed by atoms with E-state index in [1.165, 1.54) is 11.8 Å². The van der Waals surface area contributed by atoms with Crippen LogP contribution in [-0.2, 0) is 6.61 Å². The van der Waals surface area contributed by atoms with Gasteiger partial charge in [0.2, 0.25) is 0 Å². The lowest BCUT2D eigenvalue weighted by Gasteiger charge is -2.08. The minimum absolute atomic E-state index is 0.0000224. The quantitative estimate of drug-likeness (QED) is 0.558. The van der Waals surface area contributed by atoms with Crippen LogP contribution in [0.15, 0.2) is 58.5 Å². The molecule has 0 atom stereocenters. The highest BCUT2D eigenvalue weighted by atomic mass is 32.2. The van der Waals surface area contributed by atoms with Crippen molar-refractivity contribution in [2.45, 2.75) is 11.8 Å². The lowest BCUT2D eigenvalue weighted by atomic mass is 9.99. The third-order valence-electron chi connectivity index (χ3n) is 3.81. The van der Waals surface area contributed by atoms with Crippen LogP contribution < -0.4 is 5.56 Å². The van der Waals surface area contributed by atoms with E-state index in [2.05, 4.69) is 9.97 Å². The molecule has 124 valence electrons. The first kappa shape index (κ1) is 17.0. The van der Waals surface area contributed by atoms with Gasteiger partial charge in [-0.25, -0.2) is 4.98 Å². The molecular weight excluding hydrogens is 334 g/mol. The Labute approximate surface area is 149 Å². The van der Waals surface area contributed by atoms with Crippen LogP contribution in [0.5, 0.6) is 0 Å². The third-order valence-corrected chi connectivity index (χ3v) is 4.39. The Hall–Kier alpha value is -2.88. The Morgan fingerprint density at radius 1 is 1.16 bits per heavy atom. The van der Waals surface area contributed by atoms with Crippen LogP contribution in [0.3, 0.4) is 0 Å². The second-order valence-corrected chi connectivity index (χ2v) is 6.14. The molecule has 0 spiro atoms. The van der Waals surface area contributed by atoms with Crippen LogP contribution in [0.4, 0.5) is 0 Å². The molecule has 0 amide bonds. The third kappa shape index (κ3) is 3.48. The van der Waals surface area contributed by atoms with Gasteiger partial charge in [0.1, 0.15) is 11.6 Å². The fourth-order valence-electron chi connectivity index (χ4n) is 2.51. The highest BCUT2D eigenvalue weighted by molar-refractivity contribution is 7.98. The Morgan fingerprint density at radius 2 is 1.88 bits per heavy atom. The van der Waals surface area contributed by atoms with Crippen molar-refractivity contribution in [3.8, 4) is 28.5 Å². The van der Waals surface area contributed by atoms with Gasteiger partial charge in [-0.15, -0.1) is 0 Å². The molecule has 5 nitrogen and oxygen atoms in total. The molecule has 2 N–H and O–H groups in total. The van der Waals surface area contributed by atoms with Gasteiger partial charge < -0.3 is 10.1 Å². The zero-order chi connectivity index (χ0) is 17.8. The van der Waals surface area contributed by atoms with Crippen LogP contribution in [0, 0.1) is 11.3 Å². The predicted octanol–water partition coefficient (Wildman–Crippen LogP) is 3.19. The minimum Gasteiger partial charge on any atom is -0.392 e. The molecule has 0 aliphatic heterocycles. The van der Waals surface area contributed by atoms with E-state index in [-0.39, 0.29) is 12.2 Å². The molecule has 0 saturated heterocycles. The van der Waals surface area contributed by atoms with Crippen LogP contribution >= 0.6 is 11.8 Å². The summed E-state index contributed by atoms with van der Waals surface area (Å²) in [6.45, 7) is 0.0000224. The van der Waals surface area contributed by atoms with Crippen molar-refractivity contribution >= 4 is 11.8 Å². The molecule has 0 aliphatic carbocycles. The van der Waals surface area contributed by atoms with Crippen molar-refractivity contribution in [3.63, 3.8) is 0 Å². The molecule has 0 unspecified atom stereocenters. The van der Waals surface area contributed by atoms with Gasteiger partial charge in [-0.05, 0) is 29.0 Å². The summed E-state index contributed by atoms with van der Waals surface area (Å²) in [7, 11) is 0. The molecule has 0 saturated carbocycles. The number of hydrogen-bond donors (Lipinski definition) is 2. The standard InChI is InChI=1S/C19H15N3O2S/c1-25-19-21-17(16(10-20)18(24)22-19)15-4-2-3-14(9-15)13-7-5-12(11-23)6-8-13/h2-9,23H,11H2,1H3,(H,21,22,24). The van der Waals surface area contributed by atoms with Crippen molar-refractivity contribution in [2.24, 2.45) is 0 Å². The Balaban J connectivity index is 2.12. The number of thioether (sulfide) groups is 1. The number of aromatic nitrogens is 2. The molecule has 0 fully saturated rings. The number of aliphatic hydroxyl groups is 1. The molecule has 25 heavy (non-hydrogen) atoms. The second kappa shape index (κ2) is 7.34. The highest BCUT2D eigenvalue weighted by Gasteiger charge is 2.13. The Morgan fingerprint density at radius 3 is 2.52 bits per heavy atom. The summed E-state index contributed by atoms with van der Waals surface area (Å²) in [6.07, 6.45) is 1.81. The average Bonchev–Trinajstić information content (AvgIpc) is 2.67. The van der Waals surface area contributed by atoms with Crippen molar-refractivity contribution in [1.82, 2.24) is 9.97 Å². The molecule has 6 heteroatoms. The number of aliphatic hydroxyl groups excluding tert-OH is 1. The first-order chi connectivity index (χ1) is 12.2. The zero-order valence-electron chi connectivity index (χ0n) is 13.5. The number of nitriles is 1. The van der Waals surface area contributed by atoms with Gasteiger partial charge >= 0.3 is 0 Å². The molecular formula is C19H15N3O2S. The van der Waals surface area contributed by atoms with E-state index >= 15 is 0 Å². The maximum atomic E-state index is 12.1. The lowest BCUT2D eigenvalue weighted by Crippen LogP contribution is -2.14. The zero-order valence-corrected chi connectivity index (χ0v) is 14.3. The normalized spacial score (nSPS) is 10.4. The summed E-state index contributed by atoms with van der Waals surface area (Å²) in [5.41, 5.74) is 3.42. The fraction of sp³-hybridized carbons (Fsp3) is 0.105. The van der Waals surface area contributed by atoms with Gasteiger partial charge in [-0.2, -0.15) is 5.26 Å². The van der Waals surface area contributed by atoms with Gasteiger partial charge in [0, 0.05) is 5.56 Å². The van der Waals surface area contributed by atoms with Gasteiger partial charge in [-0.3, -0.25) is 4.79 Å². The average molecular weight is 349 g/mol. The van der Waals surface area contributed by atoms with Crippen molar-refractivity contribution in [2.75, 3.05) is 6.26 Å². The van der Waals surface area contributed by atoms with Crippen LogP contribution in [-0.4, -0.2) is 21.3 Å². The number of aromatic amines is 1. The minimum atomic E-state index is -0.436. The van der Waals surface area contributed by atoms with Crippen LogP contribution in [0.1, 0.15) is 11.1 Å². The van der Waals surface area contributed by atoms with Crippen molar-refractivity contribution in [3.05, 3.63) is 70.0 Å². The summed E-state index contributed by atoms with van der Waals surface area (Å²) in [5, 5.41) is 18.9. The van der Waals surface area contributed by atoms with Gasteiger partial charge in [0.15, 0.2) is 5.16 Å². The van der Waals surface area contributed by atoms with E-state index in [4.69, 9.17) is 5.11 Å². The van der Waals surface area contributed by atoms with E-state index in [0.29, 0.717) is 16.4 Å². The monoisotopic (exact) mass is 349 g/mol. The smallest absolute Gasteiger partial charge is 0.270 e. The van der Waals surface area contributed by atoms with Crippen molar-refractivity contribution in [1.29, 1.82) is 5.26 Å². The maximum absolute atomic E-state index is 12.1.